The monoisotopic (exact) mass is 373 g/mol. The zero-order valence-corrected chi connectivity index (χ0v) is 15.9. The average molecular weight is 373 g/mol. The molecule has 1 fully saturated rings. The Bertz CT molecular complexity index is 938. The van der Waals surface area contributed by atoms with Crippen molar-refractivity contribution in [3.8, 4) is 11.4 Å². The van der Waals surface area contributed by atoms with E-state index in [1.165, 1.54) is 0 Å². The van der Waals surface area contributed by atoms with Gasteiger partial charge in [0.15, 0.2) is 5.82 Å². The molecule has 1 N–H and O–H groups in total. The van der Waals surface area contributed by atoms with Crippen molar-refractivity contribution >= 4 is 17.4 Å². The molecule has 28 heavy (non-hydrogen) atoms. The second-order valence-electron chi connectivity index (χ2n) is 6.91. The predicted molar refractivity (Wildman–Crippen MR) is 111 cm³/mol. The summed E-state index contributed by atoms with van der Waals surface area (Å²) in [5.74, 6) is 1.10. The standard InChI is InChI=1S/C22H23N5O/c1-26-12-14-27(15-13-26)22(28)19-16-20(23-18-10-6-3-7-11-18)25-21(24-19)17-8-4-2-5-9-17/h2-11,16H,12-15H2,1H3,(H,23,24,25). The average Bonchev–Trinajstić information content (AvgIpc) is 2.75. The number of hydrogen-bond acceptors (Lipinski definition) is 5. The van der Waals surface area contributed by atoms with E-state index in [1.807, 2.05) is 65.6 Å². The highest BCUT2D eigenvalue weighted by Crippen LogP contribution is 2.21. The van der Waals surface area contributed by atoms with Crippen LogP contribution in [0.1, 0.15) is 10.5 Å². The Kier molecular flexibility index (Phi) is 5.30. The Morgan fingerprint density at radius 1 is 0.893 bits per heavy atom. The summed E-state index contributed by atoms with van der Waals surface area (Å²) in [5, 5.41) is 3.29. The van der Waals surface area contributed by atoms with E-state index in [0.717, 1.165) is 24.3 Å². The lowest BCUT2D eigenvalue weighted by atomic mass is 10.2. The van der Waals surface area contributed by atoms with Crippen LogP contribution >= 0.6 is 0 Å². The summed E-state index contributed by atoms with van der Waals surface area (Å²) in [6.07, 6.45) is 0. The summed E-state index contributed by atoms with van der Waals surface area (Å²) in [6, 6.07) is 21.3. The molecule has 1 aliphatic heterocycles. The number of carbonyl (C=O) groups is 1. The van der Waals surface area contributed by atoms with Crippen LogP contribution in [0.4, 0.5) is 11.5 Å². The summed E-state index contributed by atoms with van der Waals surface area (Å²) >= 11 is 0. The SMILES string of the molecule is CN1CCN(C(=O)c2cc(Nc3ccccc3)nc(-c3ccccc3)n2)CC1. The van der Waals surface area contributed by atoms with Gasteiger partial charge in [0, 0.05) is 43.5 Å². The first-order valence-electron chi connectivity index (χ1n) is 9.43. The van der Waals surface area contributed by atoms with Gasteiger partial charge < -0.3 is 15.1 Å². The molecule has 0 spiro atoms. The molecular weight excluding hydrogens is 350 g/mol. The second kappa shape index (κ2) is 8.19. The smallest absolute Gasteiger partial charge is 0.272 e. The number of rotatable bonds is 4. The lowest BCUT2D eigenvalue weighted by Gasteiger charge is -2.32. The van der Waals surface area contributed by atoms with Crippen LogP contribution in [0, 0.1) is 0 Å². The molecule has 0 radical (unpaired) electrons. The number of anilines is 2. The van der Waals surface area contributed by atoms with Crippen LogP contribution in [-0.2, 0) is 0 Å². The van der Waals surface area contributed by atoms with E-state index in [0.29, 0.717) is 30.4 Å². The van der Waals surface area contributed by atoms with Gasteiger partial charge in [-0.2, -0.15) is 0 Å². The molecule has 6 heteroatoms. The highest BCUT2D eigenvalue weighted by molar-refractivity contribution is 5.93. The van der Waals surface area contributed by atoms with Crippen LogP contribution in [0.25, 0.3) is 11.4 Å². The van der Waals surface area contributed by atoms with Crippen LogP contribution in [-0.4, -0.2) is 58.9 Å². The van der Waals surface area contributed by atoms with E-state index in [9.17, 15) is 4.79 Å². The number of likely N-dealkylation sites (N-methyl/N-ethyl adjacent to an activating group) is 1. The molecule has 1 aliphatic rings. The van der Waals surface area contributed by atoms with Gasteiger partial charge in [-0.05, 0) is 19.2 Å². The highest BCUT2D eigenvalue weighted by atomic mass is 16.2. The Morgan fingerprint density at radius 2 is 1.54 bits per heavy atom. The van der Waals surface area contributed by atoms with Gasteiger partial charge in [0.1, 0.15) is 11.5 Å². The van der Waals surface area contributed by atoms with Crippen LogP contribution in [0.5, 0.6) is 0 Å². The molecule has 6 nitrogen and oxygen atoms in total. The van der Waals surface area contributed by atoms with Crippen LogP contribution in [0.3, 0.4) is 0 Å². The van der Waals surface area contributed by atoms with E-state index < -0.39 is 0 Å². The van der Waals surface area contributed by atoms with Gasteiger partial charge in [-0.15, -0.1) is 0 Å². The van der Waals surface area contributed by atoms with E-state index in [4.69, 9.17) is 0 Å². The number of nitrogens with one attached hydrogen (secondary N) is 1. The fraction of sp³-hybridized carbons (Fsp3) is 0.227. The van der Waals surface area contributed by atoms with Gasteiger partial charge >= 0.3 is 0 Å². The van der Waals surface area contributed by atoms with Gasteiger partial charge in [-0.25, -0.2) is 9.97 Å². The number of para-hydroxylation sites is 1. The number of carbonyl (C=O) groups excluding carboxylic acids is 1. The van der Waals surface area contributed by atoms with Crippen molar-refractivity contribution in [1.82, 2.24) is 19.8 Å². The summed E-state index contributed by atoms with van der Waals surface area (Å²) < 4.78 is 0. The minimum absolute atomic E-state index is 0.0520. The Labute approximate surface area is 164 Å². The van der Waals surface area contributed by atoms with Crippen LogP contribution < -0.4 is 5.32 Å². The van der Waals surface area contributed by atoms with Gasteiger partial charge in [-0.3, -0.25) is 4.79 Å². The van der Waals surface area contributed by atoms with Crippen molar-refractivity contribution in [3.05, 3.63) is 72.4 Å². The van der Waals surface area contributed by atoms with E-state index in [-0.39, 0.29) is 5.91 Å². The molecule has 0 aliphatic carbocycles. The Hall–Kier alpha value is -3.25. The van der Waals surface area contributed by atoms with E-state index in [2.05, 4.69) is 27.2 Å². The topological polar surface area (TPSA) is 61.4 Å². The summed E-state index contributed by atoms with van der Waals surface area (Å²) in [6.45, 7) is 3.16. The maximum Gasteiger partial charge on any atom is 0.272 e. The van der Waals surface area contributed by atoms with E-state index >= 15 is 0 Å². The van der Waals surface area contributed by atoms with Gasteiger partial charge in [0.2, 0.25) is 0 Å². The predicted octanol–water partition coefficient (Wildman–Crippen LogP) is 3.27. The third-order valence-corrected chi connectivity index (χ3v) is 4.81. The Morgan fingerprint density at radius 3 is 2.21 bits per heavy atom. The van der Waals surface area contributed by atoms with Crippen LogP contribution in [0.2, 0.25) is 0 Å². The van der Waals surface area contributed by atoms with E-state index in [1.54, 1.807) is 6.07 Å². The third-order valence-electron chi connectivity index (χ3n) is 4.81. The number of hydrogen-bond donors (Lipinski definition) is 1. The van der Waals surface area contributed by atoms with Crippen LogP contribution in [0.15, 0.2) is 66.7 Å². The quantitative estimate of drug-likeness (QED) is 0.761. The lowest BCUT2D eigenvalue weighted by Crippen LogP contribution is -2.47. The highest BCUT2D eigenvalue weighted by Gasteiger charge is 2.23. The fourth-order valence-corrected chi connectivity index (χ4v) is 3.18. The molecule has 1 aromatic heterocycles. The number of amides is 1. The summed E-state index contributed by atoms with van der Waals surface area (Å²) in [4.78, 5) is 26.4. The van der Waals surface area contributed by atoms with Gasteiger partial charge in [0.25, 0.3) is 5.91 Å². The first-order valence-corrected chi connectivity index (χ1v) is 9.43. The Balaban J connectivity index is 1.68. The zero-order valence-electron chi connectivity index (χ0n) is 15.9. The molecule has 0 atom stereocenters. The molecule has 1 saturated heterocycles. The molecule has 0 saturated carbocycles. The number of piperazine rings is 1. The molecule has 4 rings (SSSR count). The number of nitrogens with zero attached hydrogens (tertiary/aromatic N) is 4. The van der Waals surface area contributed by atoms with Crippen molar-refractivity contribution in [2.75, 3.05) is 38.5 Å². The van der Waals surface area contributed by atoms with Crippen molar-refractivity contribution in [1.29, 1.82) is 0 Å². The molecule has 2 heterocycles. The number of benzene rings is 2. The molecular formula is C22H23N5O. The van der Waals surface area contributed by atoms with Crippen molar-refractivity contribution in [2.24, 2.45) is 0 Å². The van der Waals surface area contributed by atoms with Crippen molar-refractivity contribution in [3.63, 3.8) is 0 Å². The lowest BCUT2D eigenvalue weighted by molar-refractivity contribution is 0.0658. The minimum atomic E-state index is -0.0520. The zero-order chi connectivity index (χ0) is 19.3. The van der Waals surface area contributed by atoms with Gasteiger partial charge in [0.05, 0.1) is 0 Å². The number of aromatic nitrogens is 2. The fourth-order valence-electron chi connectivity index (χ4n) is 3.18. The normalized spacial score (nSPS) is 14.7. The molecule has 2 aromatic carbocycles. The van der Waals surface area contributed by atoms with Crippen molar-refractivity contribution in [2.45, 2.75) is 0 Å². The molecule has 1 amide bonds. The first-order chi connectivity index (χ1) is 13.7. The maximum atomic E-state index is 13.1. The summed E-state index contributed by atoms with van der Waals surface area (Å²) in [5.41, 5.74) is 2.21. The van der Waals surface area contributed by atoms with Crippen molar-refractivity contribution < 1.29 is 4.79 Å². The first kappa shape index (κ1) is 18.1. The molecule has 142 valence electrons. The molecule has 3 aromatic rings. The van der Waals surface area contributed by atoms with Gasteiger partial charge in [-0.1, -0.05) is 48.5 Å². The molecule has 0 bridgehead atoms. The minimum Gasteiger partial charge on any atom is -0.340 e. The molecule has 0 unspecified atom stereocenters. The third kappa shape index (κ3) is 4.18. The summed E-state index contributed by atoms with van der Waals surface area (Å²) in [7, 11) is 2.07. The second-order valence-corrected chi connectivity index (χ2v) is 6.91. The largest absolute Gasteiger partial charge is 0.340 e. The maximum absolute atomic E-state index is 13.1.